The minimum atomic E-state index is -1.13. The van der Waals surface area contributed by atoms with Crippen LogP contribution in [0.3, 0.4) is 0 Å². The first kappa shape index (κ1) is 28.9. The third kappa shape index (κ3) is 10.8. The van der Waals surface area contributed by atoms with Gasteiger partial charge in [0.2, 0.25) is 17.7 Å². The van der Waals surface area contributed by atoms with Crippen LogP contribution >= 0.6 is 36.2 Å². The van der Waals surface area contributed by atoms with E-state index in [1.54, 1.807) is 13.8 Å². The second-order valence-corrected chi connectivity index (χ2v) is 9.37. The van der Waals surface area contributed by atoms with Gasteiger partial charge in [0.15, 0.2) is 0 Å². The molecule has 0 saturated heterocycles. The Morgan fingerprint density at radius 2 is 1.30 bits per heavy atom. The predicted octanol–water partition coefficient (Wildman–Crippen LogP) is -0.0553. The van der Waals surface area contributed by atoms with Crippen molar-refractivity contribution >= 4 is 59.8 Å². The summed E-state index contributed by atoms with van der Waals surface area (Å²) >= 11 is 7.08. The zero-order chi connectivity index (χ0) is 23.3. The molecule has 4 atom stereocenters. The first-order valence-corrected chi connectivity index (χ1v) is 13.0. The monoisotopic (exact) mass is 482 g/mol. The lowest BCUT2D eigenvalue weighted by Gasteiger charge is -2.25. The van der Waals surface area contributed by atoms with Gasteiger partial charge in [0.05, 0.1) is 6.04 Å². The number of rotatable bonds is 15. The lowest BCUT2D eigenvalue weighted by atomic mass is 10.0. The molecule has 0 rings (SSSR count). The third-order valence-electron chi connectivity index (χ3n) is 4.31. The quantitative estimate of drug-likeness (QED) is 0.178. The Kier molecular flexibility index (Phi) is 15.1. The summed E-state index contributed by atoms with van der Waals surface area (Å²) in [6, 6.07) is -3.72. The van der Waals surface area contributed by atoms with E-state index >= 15 is 0 Å². The van der Waals surface area contributed by atoms with Crippen LogP contribution in [0.1, 0.15) is 26.7 Å². The fourth-order valence-electron chi connectivity index (χ4n) is 2.31. The summed E-state index contributed by atoms with van der Waals surface area (Å²) in [6.07, 6.45) is 4.29. The Bertz CT molecular complexity index is 580. The van der Waals surface area contributed by atoms with Gasteiger partial charge in [-0.25, -0.2) is 4.79 Å². The van der Waals surface area contributed by atoms with Gasteiger partial charge in [-0.3, -0.25) is 14.4 Å². The standard InChI is InChI=1S/C18H34N4O5S3/c1-10(2)14(19)17(25)22-13(9-28)16(24)20-11(5-7-29-3)15(23)21-12(18(26)27)6-8-30-4/h10-14,28H,5-9,19H2,1-4H3,(H,20,24)(H,21,23)(H,22,25)(H,26,27). The Morgan fingerprint density at radius 1 is 0.867 bits per heavy atom. The van der Waals surface area contributed by atoms with Crippen LogP contribution in [0, 0.1) is 5.92 Å². The highest BCUT2D eigenvalue weighted by Gasteiger charge is 2.29. The summed E-state index contributed by atoms with van der Waals surface area (Å²) in [7, 11) is 0. The van der Waals surface area contributed by atoms with Crippen molar-refractivity contribution in [2.75, 3.05) is 29.8 Å². The largest absolute Gasteiger partial charge is 0.480 e. The van der Waals surface area contributed by atoms with Crippen LogP contribution in [-0.2, 0) is 19.2 Å². The second kappa shape index (κ2) is 15.7. The highest BCUT2D eigenvalue weighted by atomic mass is 32.2. The SMILES string of the molecule is CSCCC(NC(=O)C(CCSC)NC(=O)C(CS)NC(=O)C(N)C(C)C)C(=O)O. The number of hydrogen-bond donors (Lipinski definition) is 6. The number of amides is 3. The van der Waals surface area contributed by atoms with Gasteiger partial charge in [-0.2, -0.15) is 36.2 Å². The smallest absolute Gasteiger partial charge is 0.326 e. The molecule has 0 aliphatic carbocycles. The molecule has 0 heterocycles. The zero-order valence-corrected chi connectivity index (χ0v) is 20.4. The molecule has 4 unspecified atom stereocenters. The molecular weight excluding hydrogens is 448 g/mol. The summed E-state index contributed by atoms with van der Waals surface area (Å²) in [4.78, 5) is 48.9. The topological polar surface area (TPSA) is 151 Å². The van der Waals surface area contributed by atoms with E-state index in [0.29, 0.717) is 17.9 Å². The molecule has 0 spiro atoms. The summed E-state index contributed by atoms with van der Waals surface area (Å²) in [5.74, 6) is -1.70. The minimum absolute atomic E-state index is 0.0186. The second-order valence-electron chi connectivity index (χ2n) is 7.04. The summed E-state index contributed by atoms with van der Waals surface area (Å²) < 4.78 is 0. The molecule has 174 valence electrons. The number of carboxylic acids is 1. The molecule has 0 aliphatic heterocycles. The van der Waals surface area contributed by atoms with Gasteiger partial charge in [0.25, 0.3) is 0 Å². The Labute approximate surface area is 192 Å². The molecule has 0 aromatic rings. The number of nitrogens with one attached hydrogen (secondary N) is 3. The average Bonchev–Trinajstić information content (AvgIpc) is 2.70. The highest BCUT2D eigenvalue weighted by molar-refractivity contribution is 7.98. The molecular formula is C18H34N4O5S3. The number of nitrogens with two attached hydrogens (primary N) is 1. The maximum atomic E-state index is 12.7. The van der Waals surface area contributed by atoms with Gasteiger partial charge >= 0.3 is 5.97 Å². The molecule has 6 N–H and O–H groups in total. The fourth-order valence-corrected chi connectivity index (χ4v) is 3.51. The molecule has 0 aromatic heterocycles. The van der Waals surface area contributed by atoms with Gasteiger partial charge in [0.1, 0.15) is 18.1 Å². The van der Waals surface area contributed by atoms with Crippen molar-refractivity contribution in [1.29, 1.82) is 0 Å². The maximum Gasteiger partial charge on any atom is 0.326 e. The van der Waals surface area contributed by atoms with Crippen LogP contribution in [0.2, 0.25) is 0 Å². The van der Waals surface area contributed by atoms with Crippen molar-refractivity contribution in [3.05, 3.63) is 0 Å². The Morgan fingerprint density at radius 3 is 1.73 bits per heavy atom. The van der Waals surface area contributed by atoms with Gasteiger partial charge < -0.3 is 26.8 Å². The van der Waals surface area contributed by atoms with E-state index in [0.717, 1.165) is 0 Å². The van der Waals surface area contributed by atoms with Crippen LogP contribution < -0.4 is 21.7 Å². The molecule has 0 saturated carbocycles. The molecule has 12 heteroatoms. The van der Waals surface area contributed by atoms with Crippen molar-refractivity contribution < 1.29 is 24.3 Å². The van der Waals surface area contributed by atoms with E-state index in [-0.39, 0.29) is 18.1 Å². The number of carbonyl (C=O) groups is 4. The van der Waals surface area contributed by atoms with Crippen LogP contribution in [0.25, 0.3) is 0 Å². The summed E-state index contributed by atoms with van der Waals surface area (Å²) in [6.45, 7) is 3.58. The first-order valence-electron chi connectivity index (χ1n) is 9.57. The summed E-state index contributed by atoms with van der Waals surface area (Å²) in [5.41, 5.74) is 5.81. The average molecular weight is 483 g/mol. The number of thioether (sulfide) groups is 2. The minimum Gasteiger partial charge on any atom is -0.480 e. The molecule has 9 nitrogen and oxygen atoms in total. The number of aliphatic carboxylic acids is 1. The van der Waals surface area contributed by atoms with E-state index in [1.165, 1.54) is 23.5 Å². The Balaban J connectivity index is 5.18. The molecule has 0 aromatic carbocycles. The van der Waals surface area contributed by atoms with Crippen LogP contribution in [0.5, 0.6) is 0 Å². The molecule has 0 fully saturated rings. The number of carboxylic acid groups (broad SMARTS) is 1. The van der Waals surface area contributed by atoms with Gasteiger partial charge in [0, 0.05) is 5.75 Å². The summed E-state index contributed by atoms with van der Waals surface area (Å²) in [5, 5.41) is 17.0. The van der Waals surface area contributed by atoms with E-state index in [9.17, 15) is 24.3 Å². The molecule has 0 bridgehead atoms. The number of hydrogen-bond acceptors (Lipinski definition) is 8. The third-order valence-corrected chi connectivity index (χ3v) is 5.96. The normalized spacial score (nSPS) is 15.0. The Hall–Kier alpha value is -1.11. The fraction of sp³-hybridized carbons (Fsp3) is 0.778. The van der Waals surface area contributed by atoms with E-state index in [1.807, 2.05) is 12.5 Å². The maximum absolute atomic E-state index is 12.7. The van der Waals surface area contributed by atoms with E-state index < -0.39 is 47.9 Å². The van der Waals surface area contributed by atoms with Crippen molar-refractivity contribution in [2.45, 2.75) is 50.9 Å². The predicted molar refractivity (Wildman–Crippen MR) is 126 cm³/mol. The van der Waals surface area contributed by atoms with Crippen LogP contribution in [-0.4, -0.2) is 82.7 Å². The van der Waals surface area contributed by atoms with Gasteiger partial charge in [-0.05, 0) is 42.8 Å². The van der Waals surface area contributed by atoms with Gasteiger partial charge in [-0.15, -0.1) is 0 Å². The van der Waals surface area contributed by atoms with Crippen molar-refractivity contribution in [3.63, 3.8) is 0 Å². The molecule has 30 heavy (non-hydrogen) atoms. The zero-order valence-electron chi connectivity index (χ0n) is 17.8. The van der Waals surface area contributed by atoms with Crippen LogP contribution in [0.4, 0.5) is 0 Å². The van der Waals surface area contributed by atoms with Crippen LogP contribution in [0.15, 0.2) is 0 Å². The van der Waals surface area contributed by atoms with Crippen molar-refractivity contribution in [3.8, 4) is 0 Å². The molecule has 0 aliphatic rings. The number of thiol groups is 1. The van der Waals surface area contributed by atoms with E-state index in [2.05, 4.69) is 28.6 Å². The number of carbonyl (C=O) groups excluding carboxylic acids is 3. The van der Waals surface area contributed by atoms with Crippen molar-refractivity contribution in [2.24, 2.45) is 11.7 Å². The first-order chi connectivity index (χ1) is 14.1. The van der Waals surface area contributed by atoms with Crippen molar-refractivity contribution in [1.82, 2.24) is 16.0 Å². The highest BCUT2D eigenvalue weighted by Crippen LogP contribution is 2.06. The molecule has 0 radical (unpaired) electrons. The van der Waals surface area contributed by atoms with E-state index in [4.69, 9.17) is 5.73 Å². The lowest BCUT2D eigenvalue weighted by Crippen LogP contribution is -2.58. The lowest BCUT2D eigenvalue weighted by molar-refractivity contribution is -0.142. The van der Waals surface area contributed by atoms with Gasteiger partial charge in [-0.1, -0.05) is 13.8 Å². The molecule has 3 amide bonds.